The highest BCUT2D eigenvalue weighted by Crippen LogP contribution is 2.38. The summed E-state index contributed by atoms with van der Waals surface area (Å²) in [6.45, 7) is 19.5. The summed E-state index contributed by atoms with van der Waals surface area (Å²) in [6.07, 6.45) is 3.49. The normalized spacial score (nSPS) is 14.5. The zero-order valence-corrected chi connectivity index (χ0v) is 19.9. The summed E-state index contributed by atoms with van der Waals surface area (Å²) in [4.78, 5) is 0. The van der Waals surface area contributed by atoms with Gasteiger partial charge in [0.2, 0.25) is 0 Å². The van der Waals surface area contributed by atoms with Gasteiger partial charge in [0.15, 0.2) is 17.4 Å². The van der Waals surface area contributed by atoms with Crippen LogP contribution >= 0.6 is 0 Å². The molecule has 0 fully saturated rings. The Morgan fingerprint density at radius 2 is 1.35 bits per heavy atom. The van der Waals surface area contributed by atoms with Crippen LogP contribution in [0.3, 0.4) is 0 Å². The molecular weight excluding hydrogens is 340 g/mol. The van der Waals surface area contributed by atoms with Gasteiger partial charge in [-0.1, -0.05) is 19.8 Å². The lowest BCUT2D eigenvalue weighted by atomic mass is 10.2. The maximum atomic E-state index is 6.41. The lowest BCUT2D eigenvalue weighted by Crippen LogP contribution is -2.53. The zero-order valence-electron chi connectivity index (χ0n) is 16.7. The molecule has 0 bridgehead atoms. The van der Waals surface area contributed by atoms with Crippen LogP contribution in [-0.2, 0) is 17.4 Å². The van der Waals surface area contributed by atoms with Crippen LogP contribution in [0.2, 0.25) is 37.8 Å². The molecule has 23 heavy (non-hydrogen) atoms. The lowest BCUT2D eigenvalue weighted by molar-refractivity contribution is 0.0609. The highest BCUT2D eigenvalue weighted by atomic mass is 28.4. The fourth-order valence-corrected chi connectivity index (χ4v) is 15.3. The standard InChI is InChI=1S/C16H40O4Si3/c1-9-13-14-16(15-22(7,8)20-21(5)6)23(17-10-2,18-11-3)19-12-4/h16,21H,9-15H2,1-8H3. The third-order valence-electron chi connectivity index (χ3n) is 3.74. The maximum absolute atomic E-state index is 6.41. The van der Waals surface area contributed by atoms with Crippen molar-refractivity contribution in [2.24, 2.45) is 0 Å². The third-order valence-corrected chi connectivity index (χ3v) is 13.6. The molecular formula is C16H40O4Si3. The first kappa shape index (κ1) is 23.5. The van der Waals surface area contributed by atoms with Crippen LogP contribution in [0.4, 0.5) is 0 Å². The fourth-order valence-electron chi connectivity index (χ4n) is 3.22. The van der Waals surface area contributed by atoms with Crippen LogP contribution in [0, 0.1) is 0 Å². The molecule has 0 aromatic heterocycles. The van der Waals surface area contributed by atoms with E-state index in [1.807, 2.05) is 20.8 Å². The molecule has 0 aromatic rings. The molecule has 0 amide bonds. The Hall–Kier alpha value is 0.491. The van der Waals surface area contributed by atoms with Crippen molar-refractivity contribution in [3.05, 3.63) is 0 Å². The van der Waals surface area contributed by atoms with Crippen LogP contribution in [-0.4, -0.2) is 46.0 Å². The van der Waals surface area contributed by atoms with Crippen molar-refractivity contribution in [3.8, 4) is 0 Å². The molecule has 0 N–H and O–H groups in total. The summed E-state index contributed by atoms with van der Waals surface area (Å²) in [5, 5.41) is 0. The van der Waals surface area contributed by atoms with E-state index in [2.05, 4.69) is 33.1 Å². The summed E-state index contributed by atoms with van der Waals surface area (Å²) < 4.78 is 25.0. The fraction of sp³-hybridized carbons (Fsp3) is 1.00. The van der Waals surface area contributed by atoms with E-state index in [4.69, 9.17) is 17.4 Å². The molecule has 4 nitrogen and oxygen atoms in total. The Kier molecular flexibility index (Phi) is 12.2. The van der Waals surface area contributed by atoms with Gasteiger partial charge >= 0.3 is 8.80 Å². The average molecular weight is 381 g/mol. The molecule has 0 aromatic carbocycles. The summed E-state index contributed by atoms with van der Waals surface area (Å²) >= 11 is 0. The number of unbranched alkanes of at least 4 members (excludes halogenated alkanes) is 1. The highest BCUT2D eigenvalue weighted by Gasteiger charge is 2.50. The Labute approximate surface area is 148 Å². The second-order valence-electron chi connectivity index (χ2n) is 6.87. The zero-order chi connectivity index (χ0) is 17.9. The summed E-state index contributed by atoms with van der Waals surface area (Å²) in [6, 6.07) is 1.07. The number of hydrogen-bond donors (Lipinski definition) is 0. The predicted octanol–water partition coefficient (Wildman–Crippen LogP) is 4.80. The minimum Gasteiger partial charge on any atom is -0.458 e. The van der Waals surface area contributed by atoms with E-state index in [9.17, 15) is 0 Å². The van der Waals surface area contributed by atoms with E-state index in [0.717, 1.165) is 12.5 Å². The summed E-state index contributed by atoms with van der Waals surface area (Å²) in [5.41, 5.74) is 0.358. The van der Waals surface area contributed by atoms with Gasteiger partial charge < -0.3 is 17.4 Å². The molecule has 0 spiro atoms. The third kappa shape index (κ3) is 8.95. The topological polar surface area (TPSA) is 36.9 Å². The van der Waals surface area contributed by atoms with Crippen LogP contribution in [0.5, 0.6) is 0 Å². The van der Waals surface area contributed by atoms with Gasteiger partial charge in [0.05, 0.1) is 0 Å². The summed E-state index contributed by atoms with van der Waals surface area (Å²) in [5.74, 6) is 0. The molecule has 0 aliphatic heterocycles. The lowest BCUT2D eigenvalue weighted by Gasteiger charge is -2.39. The van der Waals surface area contributed by atoms with Gasteiger partial charge in [0.25, 0.3) is 0 Å². The number of rotatable bonds is 14. The minimum atomic E-state index is -2.65. The number of hydrogen-bond acceptors (Lipinski definition) is 4. The van der Waals surface area contributed by atoms with Crippen molar-refractivity contribution in [2.45, 2.75) is 84.7 Å². The first-order valence-corrected chi connectivity index (χ1v) is 17.1. The molecule has 0 aliphatic rings. The van der Waals surface area contributed by atoms with Crippen molar-refractivity contribution >= 4 is 26.2 Å². The Morgan fingerprint density at radius 3 is 1.70 bits per heavy atom. The van der Waals surface area contributed by atoms with Gasteiger partial charge in [-0.2, -0.15) is 0 Å². The maximum Gasteiger partial charge on any atom is 0.503 e. The smallest absolute Gasteiger partial charge is 0.458 e. The molecule has 140 valence electrons. The predicted molar refractivity (Wildman–Crippen MR) is 106 cm³/mol. The molecule has 0 aliphatic carbocycles. The Morgan fingerprint density at radius 1 is 0.870 bits per heavy atom. The minimum absolute atomic E-state index is 0.358. The van der Waals surface area contributed by atoms with Gasteiger partial charge in [-0.25, -0.2) is 0 Å². The van der Waals surface area contributed by atoms with Crippen molar-refractivity contribution < 1.29 is 17.4 Å². The van der Waals surface area contributed by atoms with E-state index in [1.54, 1.807) is 0 Å². The van der Waals surface area contributed by atoms with E-state index < -0.39 is 26.2 Å². The molecule has 0 radical (unpaired) electrons. The Balaban J connectivity index is 5.39. The van der Waals surface area contributed by atoms with Crippen LogP contribution in [0.15, 0.2) is 0 Å². The highest BCUT2D eigenvalue weighted by molar-refractivity contribution is 6.79. The SMILES string of the molecule is CCCCC(C[Si](C)(C)O[SiH](C)C)[Si](OCC)(OCC)OCC. The largest absolute Gasteiger partial charge is 0.503 e. The van der Waals surface area contributed by atoms with Gasteiger partial charge in [0.1, 0.15) is 0 Å². The van der Waals surface area contributed by atoms with Gasteiger partial charge in [-0.05, 0) is 59.4 Å². The second kappa shape index (κ2) is 11.9. The molecule has 0 rings (SSSR count). The van der Waals surface area contributed by atoms with Crippen LogP contribution in [0.25, 0.3) is 0 Å². The van der Waals surface area contributed by atoms with E-state index in [1.165, 1.54) is 12.8 Å². The first-order chi connectivity index (χ1) is 10.8. The average Bonchev–Trinajstić information content (AvgIpc) is 2.42. The van der Waals surface area contributed by atoms with Gasteiger partial charge in [0, 0.05) is 25.4 Å². The van der Waals surface area contributed by atoms with E-state index in [-0.39, 0.29) is 0 Å². The summed E-state index contributed by atoms with van der Waals surface area (Å²) in [7, 11) is -5.40. The molecule has 0 heterocycles. The van der Waals surface area contributed by atoms with Crippen LogP contribution in [0.1, 0.15) is 47.0 Å². The van der Waals surface area contributed by atoms with Gasteiger partial charge in [-0.15, -0.1) is 0 Å². The first-order valence-electron chi connectivity index (χ1n) is 9.36. The second-order valence-corrected chi connectivity index (χ2v) is 16.7. The van der Waals surface area contributed by atoms with E-state index in [0.29, 0.717) is 25.4 Å². The van der Waals surface area contributed by atoms with Crippen molar-refractivity contribution in [1.82, 2.24) is 0 Å². The Bertz CT molecular complexity index is 284. The molecule has 0 saturated heterocycles. The molecule has 7 heteroatoms. The quantitative estimate of drug-likeness (QED) is 0.406. The van der Waals surface area contributed by atoms with Crippen molar-refractivity contribution in [1.29, 1.82) is 0 Å². The van der Waals surface area contributed by atoms with Gasteiger partial charge in [-0.3, -0.25) is 0 Å². The molecule has 1 unspecified atom stereocenters. The monoisotopic (exact) mass is 380 g/mol. The molecule has 1 atom stereocenters. The van der Waals surface area contributed by atoms with Crippen molar-refractivity contribution in [3.63, 3.8) is 0 Å². The van der Waals surface area contributed by atoms with Crippen molar-refractivity contribution in [2.75, 3.05) is 19.8 Å². The molecule has 0 saturated carbocycles. The van der Waals surface area contributed by atoms with E-state index >= 15 is 0 Å². The van der Waals surface area contributed by atoms with Crippen LogP contribution < -0.4 is 0 Å².